The minimum atomic E-state index is -0.0618. The molecule has 1 N–H and O–H groups in total. The van der Waals surface area contributed by atoms with E-state index in [0.717, 1.165) is 24.2 Å². The lowest BCUT2D eigenvalue weighted by molar-refractivity contribution is 0.0674. The van der Waals surface area contributed by atoms with E-state index in [1.54, 1.807) is 16.8 Å². The highest BCUT2D eigenvalue weighted by atomic mass is 16.2. The summed E-state index contributed by atoms with van der Waals surface area (Å²) in [5.74, 6) is 0.949. The van der Waals surface area contributed by atoms with Crippen LogP contribution in [0.5, 0.6) is 0 Å². The third-order valence-corrected chi connectivity index (χ3v) is 5.17. The number of aromatic amines is 1. The Morgan fingerprint density at radius 3 is 2.72 bits per heavy atom. The van der Waals surface area contributed by atoms with Crippen LogP contribution >= 0.6 is 0 Å². The second-order valence-corrected chi connectivity index (χ2v) is 7.21. The topological polar surface area (TPSA) is 83.9 Å². The number of carbonyl (C=O) groups is 1. The van der Waals surface area contributed by atoms with Crippen LogP contribution in [-0.4, -0.2) is 43.9 Å². The third-order valence-electron chi connectivity index (χ3n) is 5.17. The van der Waals surface area contributed by atoms with E-state index in [2.05, 4.69) is 15.3 Å². The molecule has 0 radical (unpaired) electrons. The van der Waals surface area contributed by atoms with Gasteiger partial charge in [0.25, 0.3) is 11.5 Å². The first-order valence-electron chi connectivity index (χ1n) is 8.99. The summed E-state index contributed by atoms with van der Waals surface area (Å²) in [4.78, 5) is 26.4. The van der Waals surface area contributed by atoms with E-state index < -0.39 is 0 Å². The summed E-state index contributed by atoms with van der Waals surface area (Å²) in [5, 5.41) is 11.5. The molecule has 2 aromatic rings. The Morgan fingerprint density at radius 2 is 2.00 bits per heavy atom. The first-order valence-corrected chi connectivity index (χ1v) is 8.99. The van der Waals surface area contributed by atoms with Crippen LogP contribution in [0.15, 0.2) is 23.0 Å². The Kier molecular flexibility index (Phi) is 4.15. The average molecular weight is 341 g/mol. The van der Waals surface area contributed by atoms with Crippen molar-refractivity contribution in [2.24, 2.45) is 5.92 Å². The molecule has 4 rings (SSSR count). The van der Waals surface area contributed by atoms with Crippen molar-refractivity contribution in [1.29, 1.82) is 0 Å². The molecule has 1 saturated heterocycles. The smallest absolute Gasteiger partial charge is 0.274 e. The van der Waals surface area contributed by atoms with Crippen molar-refractivity contribution >= 4 is 5.91 Å². The number of nitrogens with zero attached hydrogens (tertiary/aromatic N) is 4. The molecule has 2 fully saturated rings. The van der Waals surface area contributed by atoms with Crippen molar-refractivity contribution in [3.05, 3.63) is 45.6 Å². The van der Waals surface area contributed by atoms with Crippen molar-refractivity contribution in [3.63, 3.8) is 0 Å². The fraction of sp³-hybridized carbons (Fsp3) is 0.556. The molecule has 25 heavy (non-hydrogen) atoms. The van der Waals surface area contributed by atoms with Gasteiger partial charge in [-0.05, 0) is 50.7 Å². The largest absolute Gasteiger partial charge is 0.337 e. The number of carbonyl (C=O) groups excluding carboxylic acids is 1. The number of aryl methyl sites for hydroxylation is 1. The minimum absolute atomic E-state index is 0.00690. The minimum Gasteiger partial charge on any atom is -0.337 e. The first kappa shape index (κ1) is 16.1. The van der Waals surface area contributed by atoms with Gasteiger partial charge in [0.1, 0.15) is 5.69 Å². The molecule has 2 aliphatic rings. The lowest BCUT2D eigenvalue weighted by atomic mass is 9.96. The highest BCUT2D eigenvalue weighted by Crippen LogP contribution is 2.39. The van der Waals surface area contributed by atoms with Gasteiger partial charge in [-0.25, -0.2) is 4.68 Å². The highest BCUT2D eigenvalue weighted by Gasteiger charge is 2.29. The molecule has 1 amide bonds. The fourth-order valence-electron chi connectivity index (χ4n) is 3.46. The maximum atomic E-state index is 12.6. The van der Waals surface area contributed by atoms with Crippen LogP contribution in [0.3, 0.4) is 0 Å². The summed E-state index contributed by atoms with van der Waals surface area (Å²) in [6, 6.07) is 5.21. The standard InChI is InChI=1S/C18H23N5O2/c1-12-2-5-17(24)23(21-12)11-13-6-8-22(9-7-13)18(25)16-10-15(19-20-16)14-3-4-14/h2,5,10,13-14H,3-4,6-9,11H2,1H3,(H,19,20). The van der Waals surface area contributed by atoms with Crippen molar-refractivity contribution in [1.82, 2.24) is 24.9 Å². The fourth-order valence-corrected chi connectivity index (χ4v) is 3.46. The Bertz CT molecular complexity index is 828. The normalized spacial score (nSPS) is 18.5. The van der Waals surface area contributed by atoms with Gasteiger partial charge in [-0.2, -0.15) is 10.2 Å². The molecular weight excluding hydrogens is 318 g/mol. The molecule has 7 nitrogen and oxygen atoms in total. The summed E-state index contributed by atoms with van der Waals surface area (Å²) in [6.07, 6.45) is 4.14. The van der Waals surface area contributed by atoms with E-state index in [-0.39, 0.29) is 11.5 Å². The van der Waals surface area contributed by atoms with Gasteiger partial charge >= 0.3 is 0 Å². The Labute approximate surface area is 146 Å². The Morgan fingerprint density at radius 1 is 1.24 bits per heavy atom. The van der Waals surface area contributed by atoms with Crippen LogP contribution in [0, 0.1) is 12.8 Å². The van der Waals surface area contributed by atoms with Gasteiger partial charge in [0.05, 0.1) is 5.69 Å². The zero-order chi connectivity index (χ0) is 17.4. The van der Waals surface area contributed by atoms with Crippen LogP contribution in [0.2, 0.25) is 0 Å². The molecule has 1 saturated carbocycles. The van der Waals surface area contributed by atoms with Crippen molar-refractivity contribution in [2.75, 3.05) is 13.1 Å². The number of H-pyrrole nitrogens is 1. The maximum Gasteiger partial charge on any atom is 0.274 e. The molecule has 132 valence electrons. The summed E-state index contributed by atoms with van der Waals surface area (Å²) in [5.41, 5.74) is 2.39. The predicted octanol–water partition coefficient (Wildman–Crippen LogP) is 1.70. The molecule has 3 heterocycles. The van der Waals surface area contributed by atoms with Crippen molar-refractivity contribution < 1.29 is 4.79 Å². The zero-order valence-electron chi connectivity index (χ0n) is 14.4. The number of piperidine rings is 1. The van der Waals surface area contributed by atoms with Gasteiger partial charge in [-0.15, -0.1) is 0 Å². The number of amides is 1. The molecular formula is C18H23N5O2. The quantitative estimate of drug-likeness (QED) is 0.917. The molecule has 0 atom stereocenters. The van der Waals surface area contributed by atoms with Gasteiger partial charge in [-0.3, -0.25) is 14.7 Å². The summed E-state index contributed by atoms with van der Waals surface area (Å²) < 4.78 is 1.55. The third kappa shape index (κ3) is 3.50. The highest BCUT2D eigenvalue weighted by molar-refractivity contribution is 5.92. The summed E-state index contributed by atoms with van der Waals surface area (Å²) in [7, 11) is 0. The van der Waals surface area contributed by atoms with Crippen LogP contribution < -0.4 is 5.56 Å². The lowest BCUT2D eigenvalue weighted by Crippen LogP contribution is -2.40. The Balaban J connectivity index is 1.35. The number of hydrogen-bond donors (Lipinski definition) is 1. The van der Waals surface area contributed by atoms with E-state index in [0.29, 0.717) is 37.2 Å². The molecule has 0 bridgehead atoms. The van der Waals surface area contributed by atoms with E-state index in [1.165, 1.54) is 12.8 Å². The van der Waals surface area contributed by atoms with Gasteiger partial charge < -0.3 is 4.90 Å². The molecule has 1 aliphatic carbocycles. The summed E-state index contributed by atoms with van der Waals surface area (Å²) in [6.45, 7) is 3.92. The van der Waals surface area contributed by atoms with E-state index in [4.69, 9.17) is 0 Å². The molecule has 1 aliphatic heterocycles. The zero-order valence-corrected chi connectivity index (χ0v) is 14.4. The van der Waals surface area contributed by atoms with Gasteiger partial charge in [0.15, 0.2) is 0 Å². The molecule has 0 aromatic carbocycles. The SMILES string of the molecule is Cc1ccc(=O)n(CC2CCN(C(=O)c3cc(C4CC4)[nH]n3)CC2)n1. The van der Waals surface area contributed by atoms with Gasteiger partial charge in [-0.1, -0.05) is 0 Å². The molecule has 2 aromatic heterocycles. The van der Waals surface area contributed by atoms with E-state index in [9.17, 15) is 9.59 Å². The average Bonchev–Trinajstić information content (AvgIpc) is 3.35. The molecule has 0 unspecified atom stereocenters. The number of nitrogens with one attached hydrogen (secondary N) is 1. The first-order chi connectivity index (χ1) is 12.1. The van der Waals surface area contributed by atoms with Gasteiger partial charge in [0, 0.05) is 37.3 Å². The van der Waals surface area contributed by atoms with Crippen LogP contribution in [-0.2, 0) is 6.54 Å². The van der Waals surface area contributed by atoms with Crippen LogP contribution in [0.25, 0.3) is 0 Å². The maximum absolute atomic E-state index is 12.6. The number of aromatic nitrogens is 4. The van der Waals surface area contributed by atoms with Crippen molar-refractivity contribution in [2.45, 2.75) is 45.1 Å². The number of hydrogen-bond acceptors (Lipinski definition) is 4. The monoisotopic (exact) mass is 341 g/mol. The lowest BCUT2D eigenvalue weighted by Gasteiger charge is -2.31. The van der Waals surface area contributed by atoms with Crippen LogP contribution in [0.4, 0.5) is 0 Å². The van der Waals surface area contributed by atoms with Crippen molar-refractivity contribution in [3.8, 4) is 0 Å². The number of likely N-dealkylation sites (tertiary alicyclic amines) is 1. The number of rotatable bonds is 4. The van der Waals surface area contributed by atoms with Gasteiger partial charge in [0.2, 0.25) is 0 Å². The van der Waals surface area contributed by atoms with E-state index >= 15 is 0 Å². The molecule has 0 spiro atoms. The predicted molar refractivity (Wildman–Crippen MR) is 92.4 cm³/mol. The second-order valence-electron chi connectivity index (χ2n) is 7.21. The van der Waals surface area contributed by atoms with E-state index in [1.807, 2.05) is 17.9 Å². The molecule has 7 heteroatoms. The Hall–Kier alpha value is -2.44. The van der Waals surface area contributed by atoms with Crippen LogP contribution in [0.1, 0.15) is 53.5 Å². The summed E-state index contributed by atoms with van der Waals surface area (Å²) >= 11 is 0. The second kappa shape index (κ2) is 6.46.